The van der Waals surface area contributed by atoms with Crippen molar-refractivity contribution in [2.75, 3.05) is 25.2 Å². The number of sulfone groups is 1. The third-order valence-electron chi connectivity index (χ3n) is 3.88. The molecule has 2 unspecified atom stereocenters. The van der Waals surface area contributed by atoms with Crippen LogP contribution in [0.4, 0.5) is 0 Å². The van der Waals surface area contributed by atoms with E-state index < -0.39 is 9.84 Å². The molecule has 6 heteroatoms. The Bertz CT molecular complexity index is 589. The molecule has 0 bridgehead atoms. The maximum absolute atomic E-state index is 11.8. The van der Waals surface area contributed by atoms with Gasteiger partial charge in [0.15, 0.2) is 9.84 Å². The number of nitrogens with one attached hydrogen (secondary N) is 1. The Kier molecular flexibility index (Phi) is 5.52. The van der Waals surface area contributed by atoms with Gasteiger partial charge in [-0.2, -0.15) is 0 Å². The third kappa shape index (κ3) is 4.11. The second-order valence-corrected chi connectivity index (χ2v) is 8.15. The van der Waals surface area contributed by atoms with Gasteiger partial charge < -0.3 is 10.1 Å². The van der Waals surface area contributed by atoms with E-state index in [0.29, 0.717) is 11.4 Å². The molecule has 0 aromatic heterocycles. The van der Waals surface area contributed by atoms with E-state index >= 15 is 0 Å². The van der Waals surface area contributed by atoms with E-state index in [1.165, 1.54) is 0 Å². The molecular weight excluding hydrogens is 310 g/mol. The Hall–Kier alpha value is -0.780. The Morgan fingerprint density at radius 2 is 2.24 bits per heavy atom. The third-order valence-corrected chi connectivity index (χ3v) is 5.91. The lowest BCUT2D eigenvalue weighted by atomic mass is 9.91. The molecule has 0 aliphatic carbocycles. The molecule has 1 heterocycles. The van der Waals surface area contributed by atoms with Crippen molar-refractivity contribution in [2.24, 2.45) is 5.92 Å². The fourth-order valence-corrected chi connectivity index (χ4v) is 4.89. The SMILES string of the molecule is CCCNC(c1cc(Cl)ccc1OC)C1CCS(=O)(=O)C1. The Morgan fingerprint density at radius 3 is 2.81 bits per heavy atom. The molecule has 0 spiro atoms. The number of ether oxygens (including phenoxy) is 1. The normalized spacial score (nSPS) is 22.1. The van der Waals surface area contributed by atoms with Crippen LogP contribution < -0.4 is 10.1 Å². The van der Waals surface area contributed by atoms with Gasteiger partial charge in [-0.1, -0.05) is 18.5 Å². The smallest absolute Gasteiger partial charge is 0.150 e. The maximum Gasteiger partial charge on any atom is 0.150 e. The van der Waals surface area contributed by atoms with Crippen molar-refractivity contribution in [2.45, 2.75) is 25.8 Å². The van der Waals surface area contributed by atoms with Gasteiger partial charge in [-0.3, -0.25) is 0 Å². The fourth-order valence-electron chi connectivity index (χ4n) is 2.87. The van der Waals surface area contributed by atoms with Crippen molar-refractivity contribution in [1.29, 1.82) is 0 Å². The van der Waals surface area contributed by atoms with E-state index in [0.717, 1.165) is 24.3 Å². The van der Waals surface area contributed by atoms with Crippen molar-refractivity contribution in [3.63, 3.8) is 0 Å². The lowest BCUT2D eigenvalue weighted by molar-refractivity contribution is 0.360. The van der Waals surface area contributed by atoms with E-state index in [1.54, 1.807) is 13.2 Å². The van der Waals surface area contributed by atoms with Crippen molar-refractivity contribution >= 4 is 21.4 Å². The van der Waals surface area contributed by atoms with Gasteiger partial charge in [-0.15, -0.1) is 0 Å². The molecule has 21 heavy (non-hydrogen) atoms. The van der Waals surface area contributed by atoms with Crippen LogP contribution in [0.5, 0.6) is 5.75 Å². The minimum atomic E-state index is -2.92. The van der Waals surface area contributed by atoms with Crippen molar-refractivity contribution in [3.8, 4) is 5.75 Å². The number of benzene rings is 1. The molecule has 2 rings (SSSR count). The van der Waals surface area contributed by atoms with Crippen LogP contribution in [0.1, 0.15) is 31.4 Å². The lowest BCUT2D eigenvalue weighted by Gasteiger charge is -2.26. The molecule has 0 radical (unpaired) electrons. The highest BCUT2D eigenvalue weighted by molar-refractivity contribution is 7.91. The van der Waals surface area contributed by atoms with E-state index in [9.17, 15) is 8.42 Å². The van der Waals surface area contributed by atoms with Gasteiger partial charge >= 0.3 is 0 Å². The first-order valence-corrected chi connectivity index (χ1v) is 9.44. The Morgan fingerprint density at radius 1 is 1.48 bits per heavy atom. The summed E-state index contributed by atoms with van der Waals surface area (Å²) in [6, 6.07) is 5.45. The zero-order chi connectivity index (χ0) is 15.5. The summed E-state index contributed by atoms with van der Waals surface area (Å²) >= 11 is 6.11. The number of hydrogen-bond donors (Lipinski definition) is 1. The molecule has 1 saturated heterocycles. The Balaban J connectivity index is 2.34. The second-order valence-electron chi connectivity index (χ2n) is 5.48. The molecule has 118 valence electrons. The van der Waals surface area contributed by atoms with Gasteiger partial charge in [0, 0.05) is 16.6 Å². The van der Waals surface area contributed by atoms with Crippen molar-refractivity contribution < 1.29 is 13.2 Å². The Labute approximate surface area is 131 Å². The maximum atomic E-state index is 11.8. The first kappa shape index (κ1) is 16.6. The van der Waals surface area contributed by atoms with Gasteiger partial charge in [0.1, 0.15) is 5.75 Å². The number of hydrogen-bond acceptors (Lipinski definition) is 4. The largest absolute Gasteiger partial charge is 0.496 e. The average molecular weight is 332 g/mol. The van der Waals surface area contributed by atoms with Crippen molar-refractivity contribution in [3.05, 3.63) is 28.8 Å². The highest BCUT2D eigenvalue weighted by Crippen LogP contribution is 2.37. The summed E-state index contributed by atoms with van der Waals surface area (Å²) in [5.74, 6) is 1.31. The van der Waals surface area contributed by atoms with E-state index in [2.05, 4.69) is 12.2 Å². The summed E-state index contributed by atoms with van der Waals surface area (Å²) in [7, 11) is -1.30. The summed E-state index contributed by atoms with van der Waals surface area (Å²) < 4.78 is 29.0. The molecule has 0 saturated carbocycles. The number of halogens is 1. The van der Waals surface area contributed by atoms with Crippen LogP contribution in [0.3, 0.4) is 0 Å². The highest BCUT2D eigenvalue weighted by Gasteiger charge is 2.35. The van der Waals surface area contributed by atoms with Crippen LogP contribution in [-0.4, -0.2) is 33.6 Å². The fraction of sp³-hybridized carbons (Fsp3) is 0.600. The quantitative estimate of drug-likeness (QED) is 0.871. The van der Waals surface area contributed by atoms with E-state index in [-0.39, 0.29) is 23.5 Å². The monoisotopic (exact) mass is 331 g/mol. The van der Waals surface area contributed by atoms with Gasteiger partial charge in [-0.25, -0.2) is 8.42 Å². The molecule has 1 aliphatic rings. The standard InChI is InChI=1S/C15H22ClNO3S/c1-3-7-17-15(11-6-8-21(18,19)10-11)13-9-12(16)4-5-14(13)20-2/h4-5,9,11,15,17H,3,6-8,10H2,1-2H3. The van der Waals surface area contributed by atoms with Crippen LogP contribution >= 0.6 is 11.6 Å². The summed E-state index contributed by atoms with van der Waals surface area (Å²) in [5.41, 5.74) is 0.945. The molecule has 1 N–H and O–H groups in total. The zero-order valence-electron chi connectivity index (χ0n) is 12.4. The first-order valence-electron chi connectivity index (χ1n) is 7.24. The molecule has 1 fully saturated rings. The van der Waals surface area contributed by atoms with Crippen LogP contribution in [0.25, 0.3) is 0 Å². The minimum Gasteiger partial charge on any atom is -0.496 e. The predicted octanol–water partition coefficient (Wildman–Crippen LogP) is 2.82. The van der Waals surface area contributed by atoms with Gasteiger partial charge in [-0.05, 0) is 43.5 Å². The highest BCUT2D eigenvalue weighted by atomic mass is 35.5. The number of methoxy groups -OCH3 is 1. The predicted molar refractivity (Wildman–Crippen MR) is 85.8 cm³/mol. The zero-order valence-corrected chi connectivity index (χ0v) is 14.0. The second kappa shape index (κ2) is 6.99. The van der Waals surface area contributed by atoms with Gasteiger partial charge in [0.25, 0.3) is 0 Å². The van der Waals surface area contributed by atoms with Crippen LogP contribution in [0.15, 0.2) is 18.2 Å². The van der Waals surface area contributed by atoms with Gasteiger partial charge in [0.2, 0.25) is 0 Å². The van der Waals surface area contributed by atoms with Crippen LogP contribution in [0.2, 0.25) is 5.02 Å². The summed E-state index contributed by atoms with van der Waals surface area (Å²) in [6.45, 7) is 2.92. The van der Waals surface area contributed by atoms with Crippen LogP contribution in [-0.2, 0) is 9.84 Å². The summed E-state index contributed by atoms with van der Waals surface area (Å²) in [5, 5.41) is 4.10. The first-order chi connectivity index (χ1) is 9.96. The van der Waals surface area contributed by atoms with Gasteiger partial charge in [0.05, 0.1) is 18.6 Å². The average Bonchev–Trinajstić information content (AvgIpc) is 2.80. The summed E-state index contributed by atoms with van der Waals surface area (Å²) in [6.07, 6.45) is 1.66. The minimum absolute atomic E-state index is 0.0455. The molecule has 2 atom stereocenters. The molecule has 1 aromatic carbocycles. The molecule has 1 aliphatic heterocycles. The van der Waals surface area contributed by atoms with E-state index in [4.69, 9.17) is 16.3 Å². The van der Waals surface area contributed by atoms with Crippen LogP contribution in [0, 0.1) is 5.92 Å². The molecule has 0 amide bonds. The number of rotatable bonds is 6. The molecule has 4 nitrogen and oxygen atoms in total. The summed E-state index contributed by atoms with van der Waals surface area (Å²) in [4.78, 5) is 0. The van der Waals surface area contributed by atoms with Crippen molar-refractivity contribution in [1.82, 2.24) is 5.32 Å². The molecule has 1 aromatic rings. The molecular formula is C15H22ClNO3S. The topological polar surface area (TPSA) is 55.4 Å². The van der Waals surface area contributed by atoms with E-state index in [1.807, 2.05) is 12.1 Å². The lowest BCUT2D eigenvalue weighted by Crippen LogP contribution is -2.30.